The second kappa shape index (κ2) is 9.12. The molecule has 0 aliphatic rings. The Morgan fingerprint density at radius 2 is 1.52 bits per heavy atom. The van der Waals surface area contributed by atoms with Gasteiger partial charge in [0.15, 0.2) is 11.5 Å². The van der Waals surface area contributed by atoms with Gasteiger partial charge in [-0.25, -0.2) is 0 Å². The maximum absolute atomic E-state index is 12.5. The topological polar surface area (TPSA) is 95.1 Å². The van der Waals surface area contributed by atoms with Gasteiger partial charge in [-0.05, 0) is 13.8 Å². The number of carbonyl (C=O) groups is 2. The van der Waals surface area contributed by atoms with Crippen LogP contribution in [0.5, 0.6) is 17.2 Å². The molecule has 2 N–H and O–H groups in total. The van der Waals surface area contributed by atoms with Gasteiger partial charge in [-0.15, -0.1) is 0 Å². The third-order valence-corrected chi connectivity index (χ3v) is 3.65. The van der Waals surface area contributed by atoms with E-state index in [9.17, 15) is 9.59 Å². The molecular formula is C17H26N2O6. The van der Waals surface area contributed by atoms with Crippen molar-refractivity contribution >= 4 is 17.5 Å². The Morgan fingerprint density at radius 3 is 1.96 bits per heavy atom. The summed E-state index contributed by atoms with van der Waals surface area (Å²) < 4.78 is 20.6. The van der Waals surface area contributed by atoms with Crippen LogP contribution < -0.4 is 24.8 Å². The lowest BCUT2D eigenvalue weighted by molar-refractivity contribution is -0.138. The van der Waals surface area contributed by atoms with Crippen molar-refractivity contribution in [1.82, 2.24) is 5.32 Å². The minimum Gasteiger partial charge on any atom is -0.493 e. The zero-order chi connectivity index (χ0) is 19.0. The van der Waals surface area contributed by atoms with E-state index in [2.05, 4.69) is 10.6 Å². The van der Waals surface area contributed by atoms with E-state index in [1.807, 2.05) is 0 Å². The van der Waals surface area contributed by atoms with E-state index in [0.717, 1.165) is 0 Å². The molecule has 1 rings (SSSR count). The summed E-state index contributed by atoms with van der Waals surface area (Å²) in [6.07, 6.45) is 0. The monoisotopic (exact) mass is 354 g/mol. The maximum Gasteiger partial charge on any atom is 0.239 e. The van der Waals surface area contributed by atoms with E-state index in [-0.39, 0.29) is 0 Å². The highest BCUT2D eigenvalue weighted by Gasteiger charge is 2.36. The third kappa shape index (κ3) is 4.99. The van der Waals surface area contributed by atoms with Crippen LogP contribution in [-0.4, -0.2) is 53.4 Å². The Kier molecular flexibility index (Phi) is 7.50. The van der Waals surface area contributed by atoms with Crippen molar-refractivity contribution in [2.45, 2.75) is 13.8 Å². The average molecular weight is 354 g/mol. The van der Waals surface area contributed by atoms with Crippen LogP contribution in [0.1, 0.15) is 13.8 Å². The molecule has 0 spiro atoms. The molecule has 2 amide bonds. The van der Waals surface area contributed by atoms with E-state index in [4.69, 9.17) is 18.9 Å². The number of hydrogen-bond acceptors (Lipinski definition) is 6. The first-order chi connectivity index (χ1) is 11.8. The Labute approximate surface area is 147 Å². The molecule has 0 saturated carbocycles. The predicted octanol–water partition coefficient (Wildman–Crippen LogP) is 1.44. The molecule has 8 heteroatoms. The number of anilines is 1. The van der Waals surface area contributed by atoms with E-state index < -0.39 is 17.2 Å². The van der Waals surface area contributed by atoms with E-state index in [1.165, 1.54) is 28.4 Å². The van der Waals surface area contributed by atoms with E-state index in [1.54, 1.807) is 26.0 Å². The molecule has 0 atom stereocenters. The molecule has 0 aliphatic heterocycles. The summed E-state index contributed by atoms with van der Waals surface area (Å²) in [5.41, 5.74) is -0.842. The first-order valence-electron chi connectivity index (χ1n) is 7.70. The lowest BCUT2D eigenvalue weighted by Crippen LogP contribution is -2.45. The van der Waals surface area contributed by atoms with Crippen LogP contribution in [0.15, 0.2) is 12.1 Å². The SMILES string of the molecule is COCCNC(=O)C(C)(C)C(=O)Nc1cc(OC)c(OC)c(OC)c1. The summed E-state index contributed by atoms with van der Waals surface area (Å²) in [5.74, 6) is 0.366. The molecule has 1 aromatic rings. The van der Waals surface area contributed by atoms with E-state index >= 15 is 0 Å². The number of rotatable bonds is 9. The summed E-state index contributed by atoms with van der Waals surface area (Å²) in [6, 6.07) is 3.19. The average Bonchev–Trinajstić information content (AvgIpc) is 2.60. The number of methoxy groups -OCH3 is 4. The van der Waals surface area contributed by atoms with Crippen LogP contribution in [0, 0.1) is 5.41 Å². The highest BCUT2D eigenvalue weighted by Crippen LogP contribution is 2.40. The number of amides is 2. The van der Waals surface area contributed by atoms with Crippen molar-refractivity contribution in [2.75, 3.05) is 46.9 Å². The molecule has 0 fully saturated rings. The van der Waals surface area contributed by atoms with Crippen molar-refractivity contribution in [3.63, 3.8) is 0 Å². The van der Waals surface area contributed by atoms with Crippen molar-refractivity contribution in [1.29, 1.82) is 0 Å². The van der Waals surface area contributed by atoms with Crippen molar-refractivity contribution in [2.24, 2.45) is 5.41 Å². The van der Waals surface area contributed by atoms with Gasteiger partial charge in [-0.3, -0.25) is 9.59 Å². The molecule has 0 bridgehead atoms. The van der Waals surface area contributed by atoms with E-state index in [0.29, 0.717) is 36.1 Å². The van der Waals surface area contributed by atoms with Crippen LogP contribution in [0.2, 0.25) is 0 Å². The van der Waals surface area contributed by atoms with Crippen molar-refractivity contribution in [3.8, 4) is 17.2 Å². The summed E-state index contributed by atoms with van der Waals surface area (Å²) in [4.78, 5) is 24.8. The van der Waals surface area contributed by atoms with Crippen LogP contribution in [0.4, 0.5) is 5.69 Å². The molecule has 0 unspecified atom stereocenters. The number of benzene rings is 1. The van der Waals surface area contributed by atoms with Crippen LogP contribution in [-0.2, 0) is 14.3 Å². The van der Waals surface area contributed by atoms with Gasteiger partial charge in [0.05, 0.1) is 27.9 Å². The van der Waals surface area contributed by atoms with Crippen molar-refractivity contribution in [3.05, 3.63) is 12.1 Å². The maximum atomic E-state index is 12.5. The lowest BCUT2D eigenvalue weighted by atomic mass is 9.91. The van der Waals surface area contributed by atoms with Gasteiger partial charge < -0.3 is 29.6 Å². The Morgan fingerprint density at radius 1 is 0.960 bits per heavy atom. The van der Waals surface area contributed by atoms with Crippen LogP contribution in [0.3, 0.4) is 0 Å². The molecule has 0 heterocycles. The van der Waals surface area contributed by atoms with Gasteiger partial charge in [0, 0.05) is 31.5 Å². The molecule has 1 aromatic carbocycles. The fourth-order valence-electron chi connectivity index (χ4n) is 2.03. The van der Waals surface area contributed by atoms with Gasteiger partial charge in [0.25, 0.3) is 0 Å². The van der Waals surface area contributed by atoms with Gasteiger partial charge in [-0.2, -0.15) is 0 Å². The van der Waals surface area contributed by atoms with Gasteiger partial charge in [0.2, 0.25) is 17.6 Å². The summed E-state index contributed by atoms with van der Waals surface area (Å²) in [5, 5.41) is 5.37. The standard InChI is InChI=1S/C17H26N2O6/c1-17(2,15(20)18-7-8-22-3)16(21)19-11-9-12(23-4)14(25-6)13(10-11)24-5/h9-10H,7-8H2,1-6H3,(H,18,20)(H,19,21). The third-order valence-electron chi connectivity index (χ3n) is 3.65. The molecule has 25 heavy (non-hydrogen) atoms. The Hall–Kier alpha value is -2.48. The minimum absolute atomic E-state index is 0.330. The molecule has 140 valence electrons. The highest BCUT2D eigenvalue weighted by atomic mass is 16.5. The summed E-state index contributed by atoms with van der Waals surface area (Å²) in [7, 11) is 5.99. The Balaban J connectivity index is 2.96. The quantitative estimate of drug-likeness (QED) is 0.515. The molecule has 0 aromatic heterocycles. The van der Waals surface area contributed by atoms with Crippen molar-refractivity contribution < 1.29 is 28.5 Å². The van der Waals surface area contributed by atoms with Gasteiger partial charge >= 0.3 is 0 Å². The zero-order valence-corrected chi connectivity index (χ0v) is 15.5. The number of nitrogens with one attached hydrogen (secondary N) is 2. The second-order valence-electron chi connectivity index (χ2n) is 5.74. The molecule has 0 aliphatic carbocycles. The number of carbonyl (C=O) groups excluding carboxylic acids is 2. The first kappa shape index (κ1) is 20.6. The smallest absolute Gasteiger partial charge is 0.239 e. The second-order valence-corrected chi connectivity index (χ2v) is 5.74. The van der Waals surface area contributed by atoms with Crippen LogP contribution in [0.25, 0.3) is 0 Å². The van der Waals surface area contributed by atoms with Crippen LogP contribution >= 0.6 is 0 Å². The zero-order valence-electron chi connectivity index (χ0n) is 15.5. The summed E-state index contributed by atoms with van der Waals surface area (Å²) >= 11 is 0. The minimum atomic E-state index is -1.27. The fourth-order valence-corrected chi connectivity index (χ4v) is 2.03. The Bertz CT molecular complexity index is 590. The first-order valence-corrected chi connectivity index (χ1v) is 7.70. The normalized spacial score (nSPS) is 10.8. The predicted molar refractivity (Wildman–Crippen MR) is 93.4 cm³/mol. The largest absolute Gasteiger partial charge is 0.493 e. The highest BCUT2D eigenvalue weighted by molar-refractivity contribution is 6.10. The van der Waals surface area contributed by atoms with Gasteiger partial charge in [0.1, 0.15) is 5.41 Å². The van der Waals surface area contributed by atoms with Gasteiger partial charge in [-0.1, -0.05) is 0 Å². The number of ether oxygens (including phenoxy) is 4. The number of hydrogen-bond donors (Lipinski definition) is 2. The molecule has 0 saturated heterocycles. The lowest BCUT2D eigenvalue weighted by Gasteiger charge is -2.23. The molecule has 0 radical (unpaired) electrons. The fraction of sp³-hybridized carbons (Fsp3) is 0.529. The molecular weight excluding hydrogens is 328 g/mol. The molecule has 8 nitrogen and oxygen atoms in total. The summed E-state index contributed by atoms with van der Waals surface area (Å²) in [6.45, 7) is 3.79.